The summed E-state index contributed by atoms with van der Waals surface area (Å²) >= 11 is 0. The van der Waals surface area contributed by atoms with Gasteiger partial charge in [0.1, 0.15) is 0 Å². The van der Waals surface area contributed by atoms with E-state index in [2.05, 4.69) is 20.8 Å². The van der Waals surface area contributed by atoms with Gasteiger partial charge >= 0.3 is 0 Å². The minimum atomic E-state index is 0.460. The number of hydrogen-bond acceptors (Lipinski definition) is 5. The number of nitrogens with zero attached hydrogens (tertiary/aromatic N) is 2. The largest absolute Gasteiger partial charge is 0.339 e. The second kappa shape index (κ2) is 5.23. The molecule has 0 aromatic carbocycles. The highest BCUT2D eigenvalue weighted by Gasteiger charge is 2.20. The summed E-state index contributed by atoms with van der Waals surface area (Å²) in [5.41, 5.74) is 0. The second-order valence-electron chi connectivity index (χ2n) is 3.93. The molecule has 1 aromatic heterocycles. The van der Waals surface area contributed by atoms with E-state index in [9.17, 15) is 0 Å². The predicted octanol–water partition coefficient (Wildman–Crippen LogP) is 0.298. The van der Waals surface area contributed by atoms with Gasteiger partial charge in [0.05, 0.1) is 0 Å². The predicted molar refractivity (Wildman–Crippen MR) is 56.8 cm³/mol. The van der Waals surface area contributed by atoms with Crippen LogP contribution in [0.2, 0.25) is 0 Å². The summed E-state index contributed by atoms with van der Waals surface area (Å²) in [6.45, 7) is 3.00. The van der Waals surface area contributed by atoms with Gasteiger partial charge in [-0.1, -0.05) is 5.16 Å². The summed E-state index contributed by atoms with van der Waals surface area (Å²) in [5.74, 6) is 2.10. The average Bonchev–Trinajstić information content (AvgIpc) is 2.76. The van der Waals surface area contributed by atoms with E-state index in [1.807, 2.05) is 7.05 Å². The molecule has 1 saturated heterocycles. The van der Waals surface area contributed by atoms with E-state index in [1.165, 1.54) is 0 Å². The van der Waals surface area contributed by atoms with E-state index in [0.29, 0.717) is 5.92 Å². The lowest BCUT2D eigenvalue weighted by molar-refractivity contribution is 0.318. The monoisotopic (exact) mass is 210 g/mol. The molecule has 1 fully saturated rings. The van der Waals surface area contributed by atoms with Crippen molar-refractivity contribution in [2.75, 3.05) is 26.7 Å². The maximum absolute atomic E-state index is 5.28. The van der Waals surface area contributed by atoms with Gasteiger partial charge in [0.25, 0.3) is 0 Å². The van der Waals surface area contributed by atoms with Gasteiger partial charge in [-0.25, -0.2) is 0 Å². The first-order valence-electron chi connectivity index (χ1n) is 5.58. The zero-order chi connectivity index (χ0) is 10.5. The second-order valence-corrected chi connectivity index (χ2v) is 3.93. The molecular formula is C10H18N4O. The fourth-order valence-corrected chi connectivity index (χ4v) is 1.84. The number of aromatic nitrogens is 2. The van der Waals surface area contributed by atoms with E-state index in [4.69, 9.17) is 4.52 Å². The fourth-order valence-electron chi connectivity index (χ4n) is 1.84. The molecular weight excluding hydrogens is 192 g/mol. The van der Waals surface area contributed by atoms with Gasteiger partial charge < -0.3 is 15.2 Å². The quantitative estimate of drug-likeness (QED) is 0.748. The van der Waals surface area contributed by atoms with Gasteiger partial charge in [-0.05, 0) is 33.0 Å². The lowest BCUT2D eigenvalue weighted by atomic mass is 9.98. The van der Waals surface area contributed by atoms with Crippen LogP contribution in [0.4, 0.5) is 0 Å². The van der Waals surface area contributed by atoms with Crippen molar-refractivity contribution in [3.63, 3.8) is 0 Å². The smallest absolute Gasteiger partial charge is 0.229 e. The molecule has 2 rings (SSSR count). The third kappa shape index (κ3) is 2.76. The number of rotatable bonds is 4. The maximum atomic E-state index is 5.28. The first-order valence-corrected chi connectivity index (χ1v) is 5.58. The van der Waals surface area contributed by atoms with Crippen LogP contribution in [0.3, 0.4) is 0 Å². The van der Waals surface area contributed by atoms with Gasteiger partial charge in [-0.3, -0.25) is 0 Å². The van der Waals surface area contributed by atoms with Crippen LogP contribution in [0.5, 0.6) is 0 Å². The summed E-state index contributed by atoms with van der Waals surface area (Å²) in [6.07, 6.45) is 3.05. The van der Waals surface area contributed by atoms with Crippen LogP contribution in [0.25, 0.3) is 0 Å². The molecule has 0 aliphatic carbocycles. The third-order valence-electron chi connectivity index (χ3n) is 2.77. The molecule has 5 nitrogen and oxygen atoms in total. The van der Waals surface area contributed by atoms with Crippen LogP contribution in [0, 0.1) is 0 Å². The Morgan fingerprint density at radius 2 is 2.27 bits per heavy atom. The van der Waals surface area contributed by atoms with Crippen molar-refractivity contribution in [1.82, 2.24) is 20.8 Å². The lowest BCUT2D eigenvalue weighted by Gasteiger charge is -2.18. The molecule has 5 heteroatoms. The van der Waals surface area contributed by atoms with Crippen molar-refractivity contribution in [2.24, 2.45) is 0 Å². The van der Waals surface area contributed by atoms with Crippen LogP contribution in [0.1, 0.15) is 30.5 Å². The molecule has 0 unspecified atom stereocenters. The summed E-state index contributed by atoms with van der Waals surface area (Å²) in [5, 5.41) is 10.4. The molecule has 2 heterocycles. The van der Waals surface area contributed by atoms with Gasteiger partial charge in [0.15, 0.2) is 5.82 Å². The van der Waals surface area contributed by atoms with Crippen molar-refractivity contribution in [3.8, 4) is 0 Å². The van der Waals surface area contributed by atoms with E-state index in [0.717, 1.165) is 50.6 Å². The highest BCUT2D eigenvalue weighted by Crippen LogP contribution is 2.23. The number of hydrogen-bond donors (Lipinski definition) is 2. The van der Waals surface area contributed by atoms with Crippen molar-refractivity contribution < 1.29 is 4.52 Å². The normalized spacial score (nSPS) is 18.2. The van der Waals surface area contributed by atoms with Crippen LogP contribution in [-0.4, -0.2) is 36.8 Å². The Balaban J connectivity index is 1.93. The Kier molecular flexibility index (Phi) is 3.69. The maximum Gasteiger partial charge on any atom is 0.229 e. The number of piperidine rings is 1. The molecule has 2 N–H and O–H groups in total. The van der Waals surface area contributed by atoms with E-state index < -0.39 is 0 Å². The topological polar surface area (TPSA) is 63.0 Å². The Bertz CT molecular complexity index is 293. The molecule has 1 aliphatic rings. The zero-order valence-electron chi connectivity index (χ0n) is 9.12. The number of likely N-dealkylation sites (N-methyl/N-ethyl adjacent to an activating group) is 1. The van der Waals surface area contributed by atoms with Crippen LogP contribution in [-0.2, 0) is 6.42 Å². The van der Waals surface area contributed by atoms with Crippen LogP contribution in [0.15, 0.2) is 4.52 Å². The molecule has 1 aliphatic heterocycles. The molecule has 0 spiro atoms. The molecule has 0 radical (unpaired) electrons. The summed E-state index contributed by atoms with van der Waals surface area (Å²) in [6, 6.07) is 0. The average molecular weight is 210 g/mol. The van der Waals surface area contributed by atoms with Crippen molar-refractivity contribution in [2.45, 2.75) is 25.2 Å². The minimum Gasteiger partial charge on any atom is -0.339 e. The van der Waals surface area contributed by atoms with Gasteiger partial charge in [-0.2, -0.15) is 4.98 Å². The van der Waals surface area contributed by atoms with Gasteiger partial charge in [0.2, 0.25) is 5.89 Å². The Morgan fingerprint density at radius 1 is 1.47 bits per heavy atom. The minimum absolute atomic E-state index is 0.460. The zero-order valence-corrected chi connectivity index (χ0v) is 9.12. The molecule has 15 heavy (non-hydrogen) atoms. The van der Waals surface area contributed by atoms with Crippen molar-refractivity contribution in [1.29, 1.82) is 0 Å². The Hall–Kier alpha value is -0.940. The van der Waals surface area contributed by atoms with E-state index >= 15 is 0 Å². The van der Waals surface area contributed by atoms with Gasteiger partial charge in [-0.15, -0.1) is 0 Å². The standard InChI is InChI=1S/C10H18N4O/c1-11-5-4-9-13-10(15-14-9)8-2-6-12-7-3-8/h8,11-12H,2-7H2,1H3. The molecule has 0 atom stereocenters. The van der Waals surface area contributed by atoms with Crippen LogP contribution < -0.4 is 10.6 Å². The van der Waals surface area contributed by atoms with Crippen LogP contribution >= 0.6 is 0 Å². The first kappa shape index (κ1) is 10.6. The first-order chi connectivity index (χ1) is 7.40. The molecule has 0 bridgehead atoms. The lowest BCUT2D eigenvalue weighted by Crippen LogP contribution is -2.26. The van der Waals surface area contributed by atoms with Crippen molar-refractivity contribution >= 4 is 0 Å². The SMILES string of the molecule is CNCCc1noc(C2CCNCC2)n1. The number of nitrogens with one attached hydrogen (secondary N) is 2. The van der Waals surface area contributed by atoms with E-state index in [1.54, 1.807) is 0 Å². The molecule has 1 aromatic rings. The van der Waals surface area contributed by atoms with E-state index in [-0.39, 0.29) is 0 Å². The van der Waals surface area contributed by atoms with Gasteiger partial charge in [0, 0.05) is 18.9 Å². The highest BCUT2D eigenvalue weighted by molar-refractivity contribution is 4.96. The Labute approximate surface area is 89.6 Å². The molecule has 84 valence electrons. The third-order valence-corrected chi connectivity index (χ3v) is 2.77. The highest BCUT2D eigenvalue weighted by atomic mass is 16.5. The molecule has 0 amide bonds. The summed E-state index contributed by atoms with van der Waals surface area (Å²) in [7, 11) is 1.92. The van der Waals surface area contributed by atoms with Crippen molar-refractivity contribution in [3.05, 3.63) is 11.7 Å². The molecule has 0 saturated carbocycles. The Morgan fingerprint density at radius 3 is 3.00 bits per heavy atom. The fraction of sp³-hybridized carbons (Fsp3) is 0.800. The summed E-state index contributed by atoms with van der Waals surface area (Å²) < 4.78 is 5.28. The summed E-state index contributed by atoms with van der Waals surface area (Å²) in [4.78, 5) is 4.43.